The fraction of sp³-hybridized carbons (Fsp3) is 0.500. The van der Waals surface area contributed by atoms with Crippen LogP contribution in [0.25, 0.3) is 0 Å². The summed E-state index contributed by atoms with van der Waals surface area (Å²) < 4.78 is 0. The predicted molar refractivity (Wildman–Crippen MR) is 74.7 cm³/mol. The van der Waals surface area contributed by atoms with Crippen molar-refractivity contribution >= 4 is 17.4 Å². The van der Waals surface area contributed by atoms with Gasteiger partial charge in [0.25, 0.3) is 0 Å². The third-order valence-corrected chi connectivity index (χ3v) is 3.70. The van der Waals surface area contributed by atoms with Gasteiger partial charge < -0.3 is 16.4 Å². The number of hydrogen-bond donors (Lipinski definition) is 3. The molecule has 0 aromatic heterocycles. The second kappa shape index (κ2) is 5.29. The minimum atomic E-state index is -0.151. The standard InChI is InChI=1S/C14H21N3O/c1-9-7-8-12(15)13(10(9)2)17-14(18)16-11-5-3-4-6-11/h7-8,11H,3-6,15H2,1-2H3,(H2,16,17,18). The van der Waals surface area contributed by atoms with Gasteiger partial charge in [-0.15, -0.1) is 0 Å². The number of aryl methyl sites for hydroxylation is 1. The van der Waals surface area contributed by atoms with E-state index in [1.165, 1.54) is 12.8 Å². The van der Waals surface area contributed by atoms with Gasteiger partial charge in [-0.2, -0.15) is 0 Å². The van der Waals surface area contributed by atoms with Gasteiger partial charge >= 0.3 is 6.03 Å². The molecular weight excluding hydrogens is 226 g/mol. The van der Waals surface area contributed by atoms with Crippen LogP contribution in [0.2, 0.25) is 0 Å². The van der Waals surface area contributed by atoms with E-state index in [9.17, 15) is 4.79 Å². The molecule has 4 nitrogen and oxygen atoms in total. The van der Waals surface area contributed by atoms with Gasteiger partial charge in [0.2, 0.25) is 0 Å². The number of hydrogen-bond acceptors (Lipinski definition) is 2. The van der Waals surface area contributed by atoms with Gasteiger partial charge in [-0.1, -0.05) is 18.9 Å². The number of urea groups is 1. The van der Waals surface area contributed by atoms with E-state index in [2.05, 4.69) is 10.6 Å². The highest BCUT2D eigenvalue weighted by Gasteiger charge is 2.18. The molecule has 0 atom stereocenters. The Morgan fingerprint density at radius 3 is 2.61 bits per heavy atom. The first-order valence-corrected chi connectivity index (χ1v) is 6.51. The number of anilines is 2. The van der Waals surface area contributed by atoms with Crippen molar-refractivity contribution in [3.05, 3.63) is 23.3 Å². The Morgan fingerprint density at radius 2 is 1.94 bits per heavy atom. The maximum absolute atomic E-state index is 11.9. The number of nitrogens with one attached hydrogen (secondary N) is 2. The van der Waals surface area contributed by atoms with E-state index >= 15 is 0 Å². The molecule has 1 aliphatic carbocycles. The van der Waals surface area contributed by atoms with Crippen LogP contribution in [0.4, 0.5) is 16.2 Å². The fourth-order valence-corrected chi connectivity index (χ4v) is 2.41. The molecule has 1 aromatic rings. The lowest BCUT2D eigenvalue weighted by Crippen LogP contribution is -2.36. The highest BCUT2D eigenvalue weighted by atomic mass is 16.2. The average molecular weight is 247 g/mol. The predicted octanol–water partition coefficient (Wildman–Crippen LogP) is 2.95. The molecule has 0 saturated heterocycles. The second-order valence-electron chi connectivity index (χ2n) is 5.05. The Balaban J connectivity index is 2.04. The highest BCUT2D eigenvalue weighted by Crippen LogP contribution is 2.26. The summed E-state index contributed by atoms with van der Waals surface area (Å²) in [5, 5.41) is 5.87. The van der Waals surface area contributed by atoms with Crippen LogP contribution < -0.4 is 16.4 Å². The van der Waals surface area contributed by atoms with Crippen LogP contribution in [-0.4, -0.2) is 12.1 Å². The van der Waals surface area contributed by atoms with E-state index in [0.717, 1.165) is 29.7 Å². The lowest BCUT2D eigenvalue weighted by molar-refractivity contribution is 0.248. The molecule has 4 N–H and O–H groups in total. The fourth-order valence-electron chi connectivity index (χ4n) is 2.41. The summed E-state index contributed by atoms with van der Waals surface area (Å²) >= 11 is 0. The number of carbonyl (C=O) groups excluding carboxylic acids is 1. The molecule has 18 heavy (non-hydrogen) atoms. The van der Waals surface area contributed by atoms with Crippen LogP contribution in [0, 0.1) is 13.8 Å². The maximum Gasteiger partial charge on any atom is 0.319 e. The Labute approximate surface area is 108 Å². The Hall–Kier alpha value is -1.71. The van der Waals surface area contributed by atoms with Crippen LogP contribution in [0.3, 0.4) is 0 Å². The van der Waals surface area contributed by atoms with Crippen molar-refractivity contribution in [2.45, 2.75) is 45.6 Å². The van der Waals surface area contributed by atoms with Gasteiger partial charge in [0.15, 0.2) is 0 Å². The molecule has 0 heterocycles. The molecule has 98 valence electrons. The zero-order valence-corrected chi connectivity index (χ0v) is 11.0. The number of nitrogens with two attached hydrogens (primary N) is 1. The number of benzene rings is 1. The molecule has 1 saturated carbocycles. The van der Waals surface area contributed by atoms with Gasteiger partial charge in [0.1, 0.15) is 0 Å². The van der Waals surface area contributed by atoms with Gasteiger partial charge in [0, 0.05) is 6.04 Å². The molecule has 0 aliphatic heterocycles. The van der Waals surface area contributed by atoms with Gasteiger partial charge in [-0.25, -0.2) is 4.79 Å². The molecule has 0 unspecified atom stereocenters. The van der Waals surface area contributed by atoms with Crippen molar-refractivity contribution in [3.63, 3.8) is 0 Å². The lowest BCUT2D eigenvalue weighted by atomic mass is 10.1. The summed E-state index contributed by atoms with van der Waals surface area (Å²) in [6.07, 6.45) is 4.57. The van der Waals surface area contributed by atoms with Crippen LogP contribution in [-0.2, 0) is 0 Å². The lowest BCUT2D eigenvalue weighted by Gasteiger charge is -2.16. The summed E-state index contributed by atoms with van der Waals surface area (Å²) in [5.41, 5.74) is 9.39. The zero-order chi connectivity index (χ0) is 13.1. The van der Waals surface area contributed by atoms with Gasteiger partial charge in [-0.3, -0.25) is 0 Å². The van der Waals surface area contributed by atoms with E-state index in [1.54, 1.807) is 0 Å². The summed E-state index contributed by atoms with van der Waals surface area (Å²) in [6, 6.07) is 3.96. The van der Waals surface area contributed by atoms with E-state index in [0.29, 0.717) is 11.7 Å². The normalized spacial score (nSPS) is 15.7. The second-order valence-corrected chi connectivity index (χ2v) is 5.05. The van der Waals surface area contributed by atoms with E-state index < -0.39 is 0 Å². The van der Waals surface area contributed by atoms with Crippen molar-refractivity contribution in [1.82, 2.24) is 5.32 Å². The SMILES string of the molecule is Cc1ccc(N)c(NC(=O)NC2CCCC2)c1C. The quantitative estimate of drug-likeness (QED) is 0.703. The molecule has 0 radical (unpaired) electrons. The summed E-state index contributed by atoms with van der Waals surface area (Å²) in [5.74, 6) is 0. The van der Waals surface area contributed by atoms with Gasteiger partial charge in [-0.05, 0) is 43.9 Å². The van der Waals surface area contributed by atoms with E-state index in [4.69, 9.17) is 5.73 Å². The summed E-state index contributed by atoms with van der Waals surface area (Å²) in [4.78, 5) is 11.9. The minimum absolute atomic E-state index is 0.151. The Bertz CT molecular complexity index is 451. The molecule has 1 aliphatic rings. The first-order valence-electron chi connectivity index (χ1n) is 6.51. The Morgan fingerprint density at radius 1 is 1.28 bits per heavy atom. The zero-order valence-electron chi connectivity index (χ0n) is 11.0. The minimum Gasteiger partial charge on any atom is -0.397 e. The van der Waals surface area contributed by atoms with Crippen LogP contribution in [0.15, 0.2) is 12.1 Å². The number of nitrogen functional groups attached to an aromatic ring is 1. The Kier molecular flexibility index (Phi) is 3.75. The van der Waals surface area contributed by atoms with Crippen molar-refractivity contribution < 1.29 is 4.79 Å². The largest absolute Gasteiger partial charge is 0.397 e. The number of carbonyl (C=O) groups is 1. The van der Waals surface area contributed by atoms with Crippen molar-refractivity contribution in [3.8, 4) is 0 Å². The summed E-state index contributed by atoms with van der Waals surface area (Å²) in [6.45, 7) is 3.98. The maximum atomic E-state index is 11.9. The van der Waals surface area contributed by atoms with E-state index in [1.807, 2.05) is 26.0 Å². The average Bonchev–Trinajstić information content (AvgIpc) is 2.82. The van der Waals surface area contributed by atoms with E-state index in [-0.39, 0.29) is 6.03 Å². The topological polar surface area (TPSA) is 67.1 Å². The molecule has 4 heteroatoms. The van der Waals surface area contributed by atoms with Crippen molar-refractivity contribution in [2.24, 2.45) is 0 Å². The van der Waals surface area contributed by atoms with Gasteiger partial charge in [0.05, 0.1) is 11.4 Å². The van der Waals surface area contributed by atoms with Crippen LogP contribution in [0.1, 0.15) is 36.8 Å². The first-order chi connectivity index (χ1) is 8.58. The highest BCUT2D eigenvalue weighted by molar-refractivity contribution is 5.94. The molecule has 2 rings (SSSR count). The molecular formula is C14H21N3O. The van der Waals surface area contributed by atoms with Crippen molar-refractivity contribution in [1.29, 1.82) is 0 Å². The molecule has 1 fully saturated rings. The van der Waals surface area contributed by atoms with Crippen LogP contribution in [0.5, 0.6) is 0 Å². The molecule has 2 amide bonds. The molecule has 0 spiro atoms. The summed E-state index contributed by atoms with van der Waals surface area (Å²) in [7, 11) is 0. The molecule has 0 bridgehead atoms. The van der Waals surface area contributed by atoms with Crippen LogP contribution >= 0.6 is 0 Å². The smallest absolute Gasteiger partial charge is 0.319 e. The number of rotatable bonds is 2. The first kappa shape index (κ1) is 12.7. The monoisotopic (exact) mass is 247 g/mol. The third kappa shape index (κ3) is 2.75. The molecule has 1 aromatic carbocycles. The third-order valence-electron chi connectivity index (χ3n) is 3.70. The number of amides is 2. The van der Waals surface area contributed by atoms with Crippen molar-refractivity contribution in [2.75, 3.05) is 11.1 Å².